The van der Waals surface area contributed by atoms with Gasteiger partial charge in [-0.1, -0.05) is 11.6 Å². The Labute approximate surface area is 141 Å². The number of carbonyl (C=O) groups excluding carboxylic acids is 1. The third-order valence-electron chi connectivity index (χ3n) is 3.78. The van der Waals surface area contributed by atoms with Gasteiger partial charge in [-0.2, -0.15) is 4.31 Å². The van der Waals surface area contributed by atoms with E-state index in [9.17, 15) is 18.3 Å². The third kappa shape index (κ3) is 4.67. The molecule has 0 bridgehead atoms. The van der Waals surface area contributed by atoms with E-state index in [0.717, 1.165) is 0 Å². The smallest absolute Gasteiger partial charge is 0.243 e. The number of hydrogen-bond acceptors (Lipinski definition) is 4. The van der Waals surface area contributed by atoms with Crippen LogP contribution in [0.5, 0.6) is 0 Å². The summed E-state index contributed by atoms with van der Waals surface area (Å²) in [6, 6.07) is 6.00. The Balaban J connectivity index is 2.08. The highest BCUT2D eigenvalue weighted by Crippen LogP contribution is 2.24. The lowest BCUT2D eigenvalue weighted by molar-refractivity contribution is -0.126. The second kappa shape index (κ2) is 7.61. The van der Waals surface area contributed by atoms with Crippen molar-refractivity contribution in [1.82, 2.24) is 9.62 Å². The van der Waals surface area contributed by atoms with E-state index in [4.69, 9.17) is 11.6 Å². The number of amides is 1. The van der Waals surface area contributed by atoms with Crippen molar-refractivity contribution in [3.63, 3.8) is 0 Å². The minimum absolute atomic E-state index is 0.149. The van der Waals surface area contributed by atoms with Crippen LogP contribution in [0.25, 0.3) is 0 Å². The zero-order valence-corrected chi connectivity index (χ0v) is 14.5. The Kier molecular flexibility index (Phi) is 6.02. The minimum Gasteiger partial charge on any atom is -0.392 e. The van der Waals surface area contributed by atoms with Crippen LogP contribution in [-0.4, -0.2) is 49.5 Å². The quantitative estimate of drug-likeness (QED) is 0.827. The number of nitrogens with one attached hydrogen (secondary N) is 1. The highest BCUT2D eigenvalue weighted by atomic mass is 35.5. The van der Waals surface area contributed by atoms with Crippen molar-refractivity contribution in [3.05, 3.63) is 29.3 Å². The lowest BCUT2D eigenvalue weighted by Crippen LogP contribution is -2.46. The van der Waals surface area contributed by atoms with E-state index in [1.54, 1.807) is 6.92 Å². The molecule has 2 rings (SSSR count). The van der Waals surface area contributed by atoms with Crippen molar-refractivity contribution >= 4 is 27.5 Å². The number of aliphatic hydroxyl groups is 1. The number of hydrogen-bond donors (Lipinski definition) is 2. The molecule has 0 aromatic heterocycles. The summed E-state index contributed by atoms with van der Waals surface area (Å²) in [4.78, 5) is 12.3. The first-order valence-corrected chi connectivity index (χ1v) is 9.34. The predicted octanol–water partition coefficient (Wildman–Crippen LogP) is 1.24. The maximum Gasteiger partial charge on any atom is 0.243 e. The van der Waals surface area contributed by atoms with Crippen molar-refractivity contribution < 1.29 is 18.3 Å². The highest BCUT2D eigenvalue weighted by molar-refractivity contribution is 7.89. The van der Waals surface area contributed by atoms with Crippen LogP contribution in [0.1, 0.15) is 19.8 Å². The van der Waals surface area contributed by atoms with Gasteiger partial charge in [0.1, 0.15) is 0 Å². The fourth-order valence-electron chi connectivity index (χ4n) is 2.52. The van der Waals surface area contributed by atoms with Crippen molar-refractivity contribution in [1.29, 1.82) is 0 Å². The van der Waals surface area contributed by atoms with Gasteiger partial charge >= 0.3 is 0 Å². The van der Waals surface area contributed by atoms with E-state index in [1.165, 1.54) is 28.6 Å². The zero-order chi connectivity index (χ0) is 17.0. The predicted molar refractivity (Wildman–Crippen MR) is 87.6 cm³/mol. The molecule has 2 unspecified atom stereocenters. The zero-order valence-electron chi connectivity index (χ0n) is 12.9. The summed E-state index contributed by atoms with van der Waals surface area (Å²) in [5.74, 6) is -0.619. The molecule has 0 radical (unpaired) electrons. The summed E-state index contributed by atoms with van der Waals surface area (Å²) in [5, 5.41) is 12.3. The monoisotopic (exact) mass is 360 g/mol. The molecule has 6 nitrogen and oxygen atoms in total. The maximum atomic E-state index is 12.6. The van der Waals surface area contributed by atoms with Gasteiger partial charge in [0.05, 0.1) is 16.9 Å². The molecule has 8 heteroatoms. The molecule has 2 atom stereocenters. The van der Waals surface area contributed by atoms with Gasteiger partial charge in [0.15, 0.2) is 0 Å². The van der Waals surface area contributed by atoms with Gasteiger partial charge < -0.3 is 10.4 Å². The molecular formula is C15H21ClN2O4S. The SMILES string of the molecule is CC(O)CNC(=O)C1CCCN(S(=O)(=O)c2ccc(Cl)cc2)C1. The number of nitrogens with zero attached hydrogens (tertiary/aromatic N) is 1. The van der Waals surface area contributed by atoms with Crippen molar-refractivity contribution in [2.45, 2.75) is 30.8 Å². The van der Waals surface area contributed by atoms with Crippen LogP contribution in [0.15, 0.2) is 29.2 Å². The van der Waals surface area contributed by atoms with E-state index in [-0.39, 0.29) is 23.9 Å². The molecule has 23 heavy (non-hydrogen) atoms. The highest BCUT2D eigenvalue weighted by Gasteiger charge is 2.33. The number of rotatable bonds is 5. The van der Waals surface area contributed by atoms with Crippen LogP contribution in [0, 0.1) is 5.92 Å². The van der Waals surface area contributed by atoms with E-state index in [0.29, 0.717) is 24.4 Å². The first kappa shape index (κ1) is 18.2. The van der Waals surface area contributed by atoms with Gasteiger partial charge in [-0.3, -0.25) is 4.79 Å². The molecule has 2 N–H and O–H groups in total. The van der Waals surface area contributed by atoms with Crippen LogP contribution in [0.3, 0.4) is 0 Å². The Morgan fingerprint density at radius 1 is 1.43 bits per heavy atom. The second-order valence-electron chi connectivity index (χ2n) is 5.75. The molecule has 1 aliphatic heterocycles. The Morgan fingerprint density at radius 3 is 2.70 bits per heavy atom. The first-order chi connectivity index (χ1) is 10.8. The first-order valence-electron chi connectivity index (χ1n) is 7.52. The van der Waals surface area contributed by atoms with Gasteiger partial charge in [-0.25, -0.2) is 8.42 Å². The van der Waals surface area contributed by atoms with Crippen LogP contribution >= 0.6 is 11.6 Å². The van der Waals surface area contributed by atoms with E-state index in [2.05, 4.69) is 5.32 Å². The fraction of sp³-hybridized carbons (Fsp3) is 0.533. The molecule has 0 aliphatic carbocycles. The number of halogens is 1. The van der Waals surface area contributed by atoms with Gasteiger partial charge in [-0.05, 0) is 44.0 Å². The van der Waals surface area contributed by atoms with Gasteiger partial charge in [0.2, 0.25) is 15.9 Å². The summed E-state index contributed by atoms with van der Waals surface area (Å²) in [6.07, 6.45) is 0.633. The molecule has 128 valence electrons. The normalized spacial score (nSPS) is 20.9. The fourth-order valence-corrected chi connectivity index (χ4v) is 4.17. The van der Waals surface area contributed by atoms with Gasteiger partial charge in [0.25, 0.3) is 0 Å². The van der Waals surface area contributed by atoms with Crippen LogP contribution in [-0.2, 0) is 14.8 Å². The standard InChI is InChI=1S/C15H21ClN2O4S/c1-11(19)9-17-15(20)12-3-2-8-18(10-12)23(21,22)14-6-4-13(16)5-7-14/h4-7,11-12,19H,2-3,8-10H2,1H3,(H,17,20). The topological polar surface area (TPSA) is 86.7 Å². The minimum atomic E-state index is -3.63. The Hall–Kier alpha value is -1.15. The summed E-state index contributed by atoms with van der Waals surface area (Å²) >= 11 is 5.79. The Bertz CT molecular complexity index is 646. The third-order valence-corrected chi connectivity index (χ3v) is 5.91. The number of carbonyl (C=O) groups is 1. The second-order valence-corrected chi connectivity index (χ2v) is 8.12. The summed E-state index contributed by atoms with van der Waals surface area (Å²) in [5.41, 5.74) is 0. The van der Waals surface area contributed by atoms with E-state index in [1.807, 2.05) is 0 Å². The molecule has 1 heterocycles. The van der Waals surface area contributed by atoms with Gasteiger partial charge in [-0.15, -0.1) is 0 Å². The van der Waals surface area contributed by atoms with Crippen molar-refractivity contribution in [2.24, 2.45) is 5.92 Å². The van der Waals surface area contributed by atoms with Gasteiger partial charge in [0, 0.05) is 24.7 Å². The molecule has 1 aliphatic rings. The Morgan fingerprint density at radius 2 is 2.09 bits per heavy atom. The molecular weight excluding hydrogens is 340 g/mol. The molecule has 1 saturated heterocycles. The average molecular weight is 361 g/mol. The van der Waals surface area contributed by atoms with E-state index >= 15 is 0 Å². The summed E-state index contributed by atoms with van der Waals surface area (Å²) in [6.45, 7) is 2.29. The van der Waals surface area contributed by atoms with Crippen LogP contribution in [0.2, 0.25) is 5.02 Å². The number of aliphatic hydroxyl groups excluding tert-OH is 1. The summed E-state index contributed by atoms with van der Waals surface area (Å²) in [7, 11) is -3.63. The van der Waals surface area contributed by atoms with Crippen LogP contribution in [0.4, 0.5) is 0 Å². The molecule has 1 amide bonds. The molecule has 1 fully saturated rings. The molecule has 0 saturated carbocycles. The summed E-state index contributed by atoms with van der Waals surface area (Å²) < 4.78 is 26.6. The average Bonchev–Trinajstić information content (AvgIpc) is 2.53. The van der Waals surface area contributed by atoms with E-state index < -0.39 is 22.0 Å². The maximum absolute atomic E-state index is 12.6. The largest absolute Gasteiger partial charge is 0.392 e. The number of piperidine rings is 1. The molecule has 1 aromatic rings. The van der Waals surface area contributed by atoms with Crippen molar-refractivity contribution in [2.75, 3.05) is 19.6 Å². The molecule has 0 spiro atoms. The molecule has 1 aromatic carbocycles. The lowest BCUT2D eigenvalue weighted by atomic mass is 9.99. The number of benzene rings is 1. The number of sulfonamides is 1. The van der Waals surface area contributed by atoms with Crippen LogP contribution < -0.4 is 5.32 Å². The lowest BCUT2D eigenvalue weighted by Gasteiger charge is -2.31. The van der Waals surface area contributed by atoms with Crippen molar-refractivity contribution in [3.8, 4) is 0 Å².